The normalized spacial score (nSPS) is 19.6. The van der Waals surface area contributed by atoms with Crippen molar-refractivity contribution in [2.24, 2.45) is 0 Å². The Balaban J connectivity index is 0.00000172. The van der Waals surface area contributed by atoms with E-state index in [4.69, 9.17) is 5.26 Å². The summed E-state index contributed by atoms with van der Waals surface area (Å²) >= 11 is 0. The van der Waals surface area contributed by atoms with Gasteiger partial charge in [0.25, 0.3) is 5.91 Å². The lowest BCUT2D eigenvalue weighted by Gasteiger charge is -2.40. The van der Waals surface area contributed by atoms with E-state index in [1.807, 2.05) is 31.9 Å². The predicted molar refractivity (Wildman–Crippen MR) is 72.4 cm³/mol. The number of nitrogens with zero attached hydrogens (tertiary/aromatic N) is 3. The minimum atomic E-state index is -3.00. The zero-order valence-electron chi connectivity index (χ0n) is 12.5. The number of amides is 1. The first-order valence-corrected chi connectivity index (χ1v) is 6.63. The third kappa shape index (κ3) is 4.27. The molecule has 0 bridgehead atoms. The summed E-state index contributed by atoms with van der Waals surface area (Å²) in [5, 5.41) is 27.7. The number of ketones is 1. The number of aliphatic hydroxyl groups is 2. The molecule has 1 aliphatic heterocycles. The van der Waals surface area contributed by atoms with E-state index in [0.717, 1.165) is 6.92 Å². The van der Waals surface area contributed by atoms with Crippen molar-refractivity contribution < 1.29 is 19.8 Å². The molecule has 0 aliphatic carbocycles. The Hall–Kier alpha value is -1.49. The molecule has 1 aliphatic rings. The average molecular weight is 285 g/mol. The first-order chi connectivity index (χ1) is 9.30. The molecule has 114 valence electrons. The van der Waals surface area contributed by atoms with Crippen LogP contribution >= 0.6 is 0 Å². The van der Waals surface area contributed by atoms with Crippen LogP contribution in [-0.2, 0) is 9.59 Å². The van der Waals surface area contributed by atoms with Crippen LogP contribution in [0.4, 0.5) is 0 Å². The maximum Gasteiger partial charge on any atom is 0.306 e. The summed E-state index contributed by atoms with van der Waals surface area (Å²) in [5.41, 5.74) is 0. The maximum atomic E-state index is 11.9. The second-order valence-corrected chi connectivity index (χ2v) is 4.51. The highest BCUT2D eigenvalue weighted by molar-refractivity contribution is 6.06. The Bertz CT molecular complexity index is 390. The molecule has 0 aromatic carbocycles. The van der Waals surface area contributed by atoms with Gasteiger partial charge in [0.15, 0.2) is 5.78 Å². The topological polar surface area (TPSA) is 105 Å². The molecule has 0 spiro atoms. The number of nitriles is 1. The van der Waals surface area contributed by atoms with Crippen molar-refractivity contribution in [3.05, 3.63) is 0 Å². The number of hydrogen-bond acceptors (Lipinski definition) is 6. The first kappa shape index (κ1) is 18.5. The van der Waals surface area contributed by atoms with Crippen LogP contribution in [0.3, 0.4) is 0 Å². The molecule has 0 radical (unpaired) electrons. The van der Waals surface area contributed by atoms with Crippen molar-refractivity contribution >= 4 is 11.7 Å². The summed E-state index contributed by atoms with van der Waals surface area (Å²) in [6, 6.07) is 1.52. The molecule has 1 heterocycles. The molecule has 0 aromatic heterocycles. The number of hydrogen-bond donors (Lipinski definition) is 2. The molecule has 2 N–H and O–H groups in total. The van der Waals surface area contributed by atoms with Gasteiger partial charge in [-0.05, 0) is 7.05 Å². The Morgan fingerprint density at radius 1 is 1.35 bits per heavy atom. The minimum Gasteiger partial charge on any atom is -0.352 e. The van der Waals surface area contributed by atoms with Crippen molar-refractivity contribution in [3.63, 3.8) is 0 Å². The summed E-state index contributed by atoms with van der Waals surface area (Å²) in [6.07, 6.45) is 0.0874. The highest BCUT2D eigenvalue weighted by Crippen LogP contribution is 2.16. The van der Waals surface area contributed by atoms with Gasteiger partial charge >= 0.3 is 5.79 Å². The Kier molecular flexibility index (Phi) is 7.35. The SMILES string of the molecule is CC.CC(=O)C(O)(O)C(=O)N1CCN(C)CC1CC#N. The van der Waals surface area contributed by atoms with Gasteiger partial charge in [0.2, 0.25) is 0 Å². The van der Waals surface area contributed by atoms with Gasteiger partial charge in [0.05, 0.1) is 18.5 Å². The van der Waals surface area contributed by atoms with Gasteiger partial charge in [0.1, 0.15) is 0 Å². The van der Waals surface area contributed by atoms with E-state index in [1.165, 1.54) is 4.90 Å². The van der Waals surface area contributed by atoms with Crippen LogP contribution in [0.1, 0.15) is 27.2 Å². The van der Waals surface area contributed by atoms with Crippen LogP contribution in [-0.4, -0.2) is 70.2 Å². The molecular formula is C13H23N3O4. The molecule has 1 amide bonds. The van der Waals surface area contributed by atoms with Crippen molar-refractivity contribution in [1.29, 1.82) is 5.26 Å². The molecule has 7 heteroatoms. The van der Waals surface area contributed by atoms with Crippen molar-refractivity contribution in [3.8, 4) is 6.07 Å². The van der Waals surface area contributed by atoms with Gasteiger partial charge in [-0.3, -0.25) is 9.59 Å². The Morgan fingerprint density at radius 2 is 1.90 bits per heavy atom. The molecule has 1 fully saturated rings. The van der Waals surface area contributed by atoms with E-state index < -0.39 is 23.5 Å². The lowest BCUT2D eigenvalue weighted by molar-refractivity contribution is -0.200. The molecule has 0 saturated carbocycles. The summed E-state index contributed by atoms with van der Waals surface area (Å²) in [7, 11) is 1.85. The van der Waals surface area contributed by atoms with Gasteiger partial charge in [-0.2, -0.15) is 5.26 Å². The highest BCUT2D eigenvalue weighted by Gasteiger charge is 2.45. The third-order valence-electron chi connectivity index (χ3n) is 3.06. The van der Waals surface area contributed by atoms with Crippen LogP contribution in [0.2, 0.25) is 0 Å². The van der Waals surface area contributed by atoms with Crippen molar-refractivity contribution in [2.45, 2.75) is 39.0 Å². The Labute approximate surface area is 119 Å². The summed E-state index contributed by atoms with van der Waals surface area (Å²) < 4.78 is 0. The second-order valence-electron chi connectivity index (χ2n) is 4.51. The van der Waals surface area contributed by atoms with Gasteiger partial charge in [-0.25, -0.2) is 0 Å². The standard InChI is InChI=1S/C11H17N3O4.C2H6/c1-8(15)11(17,18)10(16)14-6-5-13(2)7-9(14)3-4-12;1-2/h9,17-18H,3,5-7H2,1-2H3;1-2H3. The van der Waals surface area contributed by atoms with E-state index in [-0.39, 0.29) is 13.0 Å². The van der Waals surface area contributed by atoms with Gasteiger partial charge in [-0.1, -0.05) is 13.8 Å². The van der Waals surface area contributed by atoms with E-state index in [2.05, 4.69) is 0 Å². The highest BCUT2D eigenvalue weighted by atomic mass is 16.5. The van der Waals surface area contributed by atoms with Crippen molar-refractivity contribution in [2.75, 3.05) is 26.7 Å². The second kappa shape index (κ2) is 7.94. The molecule has 1 rings (SSSR count). The van der Waals surface area contributed by atoms with Crippen LogP contribution in [0, 0.1) is 11.3 Å². The minimum absolute atomic E-state index is 0.0874. The smallest absolute Gasteiger partial charge is 0.306 e. The van der Waals surface area contributed by atoms with Crippen LogP contribution in [0.5, 0.6) is 0 Å². The molecule has 1 saturated heterocycles. The molecule has 1 unspecified atom stereocenters. The summed E-state index contributed by atoms with van der Waals surface area (Å²) in [4.78, 5) is 26.1. The fraction of sp³-hybridized carbons (Fsp3) is 0.769. The van der Waals surface area contributed by atoms with Crippen molar-refractivity contribution in [1.82, 2.24) is 9.80 Å². The summed E-state index contributed by atoms with van der Waals surface area (Å²) in [6.45, 7) is 6.22. The monoisotopic (exact) mass is 285 g/mol. The Morgan fingerprint density at radius 3 is 2.35 bits per heavy atom. The largest absolute Gasteiger partial charge is 0.352 e. The fourth-order valence-electron chi connectivity index (χ4n) is 1.91. The molecule has 20 heavy (non-hydrogen) atoms. The zero-order valence-corrected chi connectivity index (χ0v) is 12.5. The quantitative estimate of drug-likeness (QED) is 0.527. The molecule has 7 nitrogen and oxygen atoms in total. The summed E-state index contributed by atoms with van der Waals surface area (Å²) in [5.74, 6) is -5.07. The molecule has 0 aromatic rings. The zero-order chi connectivity index (χ0) is 15.9. The van der Waals surface area contributed by atoms with Crippen LogP contribution in [0.25, 0.3) is 0 Å². The van der Waals surface area contributed by atoms with Gasteiger partial charge in [0, 0.05) is 26.6 Å². The average Bonchev–Trinajstić information content (AvgIpc) is 2.40. The van der Waals surface area contributed by atoms with E-state index in [0.29, 0.717) is 13.1 Å². The number of carbonyl (C=O) groups excluding carboxylic acids is 2. The first-order valence-electron chi connectivity index (χ1n) is 6.63. The third-order valence-corrected chi connectivity index (χ3v) is 3.06. The predicted octanol–water partition coefficient (Wildman–Crippen LogP) is -0.661. The number of rotatable bonds is 3. The maximum absolute atomic E-state index is 11.9. The molecule has 1 atom stereocenters. The number of carbonyl (C=O) groups is 2. The number of piperazine rings is 1. The molecular weight excluding hydrogens is 262 g/mol. The number of likely N-dealkylation sites (N-methyl/N-ethyl adjacent to an activating group) is 1. The van der Waals surface area contributed by atoms with Gasteiger partial charge in [-0.15, -0.1) is 0 Å². The van der Waals surface area contributed by atoms with E-state index >= 15 is 0 Å². The lowest BCUT2D eigenvalue weighted by atomic mass is 10.1. The van der Waals surface area contributed by atoms with E-state index in [1.54, 1.807) is 0 Å². The van der Waals surface area contributed by atoms with Gasteiger partial charge < -0.3 is 20.0 Å². The lowest BCUT2D eigenvalue weighted by Crippen LogP contribution is -2.61. The fourth-order valence-corrected chi connectivity index (χ4v) is 1.91. The number of Topliss-reactive ketones (excluding diaryl/α,β-unsaturated/α-hetero) is 1. The van der Waals surface area contributed by atoms with Crippen LogP contribution < -0.4 is 0 Å². The van der Waals surface area contributed by atoms with Crippen LogP contribution in [0.15, 0.2) is 0 Å². The van der Waals surface area contributed by atoms with E-state index in [9.17, 15) is 19.8 Å².